The summed E-state index contributed by atoms with van der Waals surface area (Å²) in [5.74, 6) is -0.254. The summed E-state index contributed by atoms with van der Waals surface area (Å²) < 4.78 is 38.7. The van der Waals surface area contributed by atoms with E-state index in [2.05, 4.69) is 15.1 Å². The van der Waals surface area contributed by atoms with Gasteiger partial charge < -0.3 is 15.1 Å². The van der Waals surface area contributed by atoms with Gasteiger partial charge in [0.15, 0.2) is 0 Å². The van der Waals surface area contributed by atoms with Crippen molar-refractivity contribution in [1.82, 2.24) is 4.90 Å². The quantitative estimate of drug-likeness (QED) is 0.773. The van der Waals surface area contributed by atoms with Gasteiger partial charge in [-0.15, -0.1) is 0 Å². The van der Waals surface area contributed by atoms with E-state index in [0.717, 1.165) is 30.9 Å². The van der Waals surface area contributed by atoms with Crippen LogP contribution in [0.1, 0.15) is 29.8 Å². The first-order valence-corrected chi connectivity index (χ1v) is 9.70. The third-order valence-corrected chi connectivity index (χ3v) is 5.21. The standard InChI is InChI=1S/C22H27F3N4O/c1-21(2)26-19-14-17(28(5)13-12-27(3)4)10-11-18(19)20(30)29(21)16-8-6-15(7-9-16)22(23,24)25/h6-11,14,26H,12-13H2,1-5H3. The number of nitrogens with one attached hydrogen (secondary N) is 1. The van der Waals surface area contributed by atoms with Gasteiger partial charge in [-0.25, -0.2) is 0 Å². The zero-order valence-electron chi connectivity index (χ0n) is 17.8. The number of hydrogen-bond donors (Lipinski definition) is 1. The van der Waals surface area contributed by atoms with Crippen molar-refractivity contribution in [2.24, 2.45) is 0 Å². The van der Waals surface area contributed by atoms with E-state index in [9.17, 15) is 18.0 Å². The Hall–Kier alpha value is -2.74. The number of alkyl halides is 3. The number of hydrogen-bond acceptors (Lipinski definition) is 4. The molecule has 2 aromatic rings. The van der Waals surface area contributed by atoms with Crippen molar-refractivity contribution in [2.75, 3.05) is 49.3 Å². The normalized spacial score (nSPS) is 15.8. The molecule has 1 N–H and O–H groups in total. The zero-order chi connectivity index (χ0) is 22.3. The van der Waals surface area contributed by atoms with Gasteiger partial charge in [-0.2, -0.15) is 13.2 Å². The lowest BCUT2D eigenvalue weighted by Gasteiger charge is -2.44. The Kier molecular flexibility index (Phi) is 5.73. The summed E-state index contributed by atoms with van der Waals surface area (Å²) in [6.45, 7) is 5.38. The maximum absolute atomic E-state index is 13.3. The van der Waals surface area contributed by atoms with Crippen LogP contribution in [0, 0.1) is 0 Å². The topological polar surface area (TPSA) is 38.8 Å². The van der Waals surface area contributed by atoms with E-state index in [-0.39, 0.29) is 5.91 Å². The molecule has 0 bridgehead atoms. The van der Waals surface area contributed by atoms with Crippen LogP contribution in [0.3, 0.4) is 0 Å². The molecule has 2 aromatic carbocycles. The summed E-state index contributed by atoms with van der Waals surface area (Å²) >= 11 is 0. The van der Waals surface area contributed by atoms with Crippen LogP contribution in [-0.4, -0.2) is 50.7 Å². The van der Waals surface area contributed by atoms with E-state index in [4.69, 9.17) is 0 Å². The Morgan fingerprint density at radius 3 is 2.20 bits per heavy atom. The summed E-state index contributed by atoms with van der Waals surface area (Å²) in [6, 6.07) is 10.2. The van der Waals surface area contributed by atoms with Crippen molar-refractivity contribution in [1.29, 1.82) is 0 Å². The Bertz CT molecular complexity index is 923. The predicted molar refractivity (Wildman–Crippen MR) is 114 cm³/mol. The fourth-order valence-electron chi connectivity index (χ4n) is 3.54. The Labute approximate surface area is 175 Å². The minimum atomic E-state index is -4.42. The maximum Gasteiger partial charge on any atom is 0.416 e. The van der Waals surface area contributed by atoms with Gasteiger partial charge in [0.05, 0.1) is 16.8 Å². The lowest BCUT2D eigenvalue weighted by molar-refractivity contribution is -0.137. The molecule has 1 aliphatic rings. The van der Waals surface area contributed by atoms with Crippen molar-refractivity contribution >= 4 is 23.0 Å². The number of likely N-dealkylation sites (N-methyl/N-ethyl adjacent to an activating group) is 2. The lowest BCUT2D eigenvalue weighted by atomic mass is 9.99. The highest BCUT2D eigenvalue weighted by molar-refractivity contribution is 6.13. The number of fused-ring (bicyclic) bond motifs is 1. The lowest BCUT2D eigenvalue weighted by Crippen LogP contribution is -2.56. The first kappa shape index (κ1) is 22.0. The third kappa shape index (κ3) is 4.38. The number of carbonyl (C=O) groups is 1. The van der Waals surface area contributed by atoms with E-state index >= 15 is 0 Å². The van der Waals surface area contributed by atoms with E-state index in [0.29, 0.717) is 16.9 Å². The summed E-state index contributed by atoms with van der Waals surface area (Å²) in [4.78, 5) is 19.0. The molecule has 1 heterocycles. The summed E-state index contributed by atoms with van der Waals surface area (Å²) in [7, 11) is 6.02. The predicted octanol–water partition coefficient (Wildman–Crippen LogP) is 4.51. The summed E-state index contributed by atoms with van der Waals surface area (Å²) in [6.07, 6.45) is -4.42. The molecule has 0 fully saturated rings. The molecule has 0 saturated carbocycles. The molecule has 0 atom stereocenters. The number of amides is 1. The van der Waals surface area contributed by atoms with Gasteiger partial charge in [0.1, 0.15) is 5.66 Å². The maximum atomic E-state index is 13.3. The van der Waals surface area contributed by atoms with Crippen LogP contribution in [0.15, 0.2) is 42.5 Å². The number of carbonyl (C=O) groups excluding carboxylic acids is 1. The van der Waals surface area contributed by atoms with Crippen LogP contribution < -0.4 is 15.1 Å². The monoisotopic (exact) mass is 420 g/mol. The van der Waals surface area contributed by atoms with Crippen LogP contribution in [0.5, 0.6) is 0 Å². The second-order valence-electron chi connectivity index (χ2n) is 8.32. The van der Waals surface area contributed by atoms with Gasteiger partial charge in [0.2, 0.25) is 0 Å². The van der Waals surface area contributed by atoms with Crippen molar-refractivity contribution in [3.05, 3.63) is 53.6 Å². The second kappa shape index (κ2) is 7.83. The third-order valence-electron chi connectivity index (χ3n) is 5.21. The smallest absolute Gasteiger partial charge is 0.373 e. The van der Waals surface area contributed by atoms with Gasteiger partial charge in [0, 0.05) is 31.5 Å². The number of rotatable bonds is 5. The highest BCUT2D eigenvalue weighted by Gasteiger charge is 2.39. The SMILES string of the molecule is CN(C)CCN(C)c1ccc2c(c1)NC(C)(C)N(c1ccc(C(F)(F)F)cc1)C2=O. The van der Waals surface area contributed by atoms with E-state index in [1.807, 2.05) is 47.1 Å². The molecule has 5 nitrogen and oxygen atoms in total. The first-order chi connectivity index (χ1) is 13.9. The first-order valence-electron chi connectivity index (χ1n) is 9.70. The summed E-state index contributed by atoms with van der Waals surface area (Å²) in [5, 5.41) is 3.37. The van der Waals surface area contributed by atoms with Crippen molar-refractivity contribution in [3.63, 3.8) is 0 Å². The van der Waals surface area contributed by atoms with E-state index in [1.54, 1.807) is 6.07 Å². The number of halogens is 3. The van der Waals surface area contributed by atoms with Gasteiger partial charge in [-0.05, 0) is 70.4 Å². The number of benzene rings is 2. The molecule has 3 rings (SSSR count). The highest BCUT2D eigenvalue weighted by Crippen LogP contribution is 2.38. The van der Waals surface area contributed by atoms with Crippen LogP contribution >= 0.6 is 0 Å². The average molecular weight is 420 g/mol. The molecule has 162 valence electrons. The molecule has 0 unspecified atom stereocenters. The van der Waals surface area contributed by atoms with Crippen LogP contribution in [0.25, 0.3) is 0 Å². The molecule has 0 aromatic heterocycles. The molecule has 1 amide bonds. The Balaban J connectivity index is 1.91. The van der Waals surface area contributed by atoms with E-state index < -0.39 is 17.4 Å². The highest BCUT2D eigenvalue weighted by atomic mass is 19.4. The van der Waals surface area contributed by atoms with E-state index in [1.165, 1.54) is 17.0 Å². The summed E-state index contributed by atoms with van der Waals surface area (Å²) in [5.41, 5.74) is 1.02. The number of anilines is 3. The fraction of sp³-hybridized carbons (Fsp3) is 0.409. The molecule has 0 spiro atoms. The molecule has 0 radical (unpaired) electrons. The average Bonchev–Trinajstić information content (AvgIpc) is 2.64. The van der Waals surface area contributed by atoms with Gasteiger partial charge >= 0.3 is 6.18 Å². The second-order valence-corrected chi connectivity index (χ2v) is 8.32. The molecular weight excluding hydrogens is 393 g/mol. The molecular formula is C22H27F3N4O. The molecule has 8 heteroatoms. The van der Waals surface area contributed by atoms with Crippen LogP contribution in [-0.2, 0) is 6.18 Å². The fourth-order valence-corrected chi connectivity index (χ4v) is 3.54. The number of nitrogens with zero attached hydrogens (tertiary/aromatic N) is 3. The minimum Gasteiger partial charge on any atom is -0.373 e. The largest absolute Gasteiger partial charge is 0.416 e. The van der Waals surface area contributed by atoms with Crippen LogP contribution in [0.2, 0.25) is 0 Å². The van der Waals surface area contributed by atoms with Gasteiger partial charge in [0.25, 0.3) is 5.91 Å². The Morgan fingerprint density at radius 2 is 1.63 bits per heavy atom. The minimum absolute atomic E-state index is 0.254. The molecule has 1 aliphatic heterocycles. The van der Waals surface area contributed by atoms with Crippen LogP contribution in [0.4, 0.5) is 30.2 Å². The van der Waals surface area contributed by atoms with Crippen molar-refractivity contribution in [2.45, 2.75) is 25.7 Å². The molecule has 0 saturated heterocycles. The van der Waals surface area contributed by atoms with Gasteiger partial charge in [-0.1, -0.05) is 0 Å². The van der Waals surface area contributed by atoms with Crippen molar-refractivity contribution < 1.29 is 18.0 Å². The Morgan fingerprint density at radius 1 is 1.00 bits per heavy atom. The molecule has 0 aliphatic carbocycles. The van der Waals surface area contributed by atoms with Crippen molar-refractivity contribution in [3.8, 4) is 0 Å². The zero-order valence-corrected chi connectivity index (χ0v) is 17.8. The van der Waals surface area contributed by atoms with Gasteiger partial charge in [-0.3, -0.25) is 9.69 Å². The molecule has 30 heavy (non-hydrogen) atoms.